The van der Waals surface area contributed by atoms with Crippen LogP contribution in [0, 0.1) is 13.8 Å². The van der Waals surface area contributed by atoms with Crippen molar-refractivity contribution in [1.29, 1.82) is 0 Å². The molecule has 0 fully saturated rings. The van der Waals surface area contributed by atoms with Gasteiger partial charge in [0.25, 0.3) is 0 Å². The van der Waals surface area contributed by atoms with E-state index in [-0.39, 0.29) is 12.5 Å². The molecular weight excluding hydrogens is 324 g/mol. The average Bonchev–Trinajstić information content (AvgIpc) is 2.91. The van der Waals surface area contributed by atoms with Crippen LogP contribution in [0.15, 0.2) is 18.2 Å². The van der Waals surface area contributed by atoms with Crippen LogP contribution in [0.5, 0.6) is 0 Å². The summed E-state index contributed by atoms with van der Waals surface area (Å²) in [5, 5.41) is 16.5. The third kappa shape index (κ3) is 5.27. The molecule has 0 aliphatic heterocycles. The van der Waals surface area contributed by atoms with E-state index in [0.29, 0.717) is 11.5 Å². The van der Waals surface area contributed by atoms with Gasteiger partial charge in [-0.15, -0.1) is 5.10 Å². The van der Waals surface area contributed by atoms with Crippen LogP contribution in [0.4, 0.5) is 10.5 Å². The lowest BCUT2D eigenvalue weighted by Crippen LogP contribution is -2.37. The van der Waals surface area contributed by atoms with Gasteiger partial charge in [0.15, 0.2) is 5.82 Å². The van der Waals surface area contributed by atoms with Crippen LogP contribution in [0.3, 0.4) is 0 Å². The zero-order valence-electron chi connectivity index (χ0n) is 15.0. The number of alkyl carbamates (subject to hydrolysis) is 1. The normalized spacial score (nSPS) is 11.1. The number of carbonyl (C=O) groups is 2. The first kappa shape index (κ1) is 18.4. The van der Waals surface area contributed by atoms with Gasteiger partial charge in [-0.3, -0.25) is 4.79 Å². The Bertz CT molecular complexity index is 778. The number of nitrogens with one attached hydrogen (secondary N) is 2. The van der Waals surface area contributed by atoms with Crippen molar-refractivity contribution in [2.45, 2.75) is 40.2 Å². The number of amides is 2. The van der Waals surface area contributed by atoms with Crippen molar-refractivity contribution < 1.29 is 14.3 Å². The summed E-state index contributed by atoms with van der Waals surface area (Å²) in [6.07, 6.45) is -0.642. The fourth-order valence-electron chi connectivity index (χ4n) is 2.04. The van der Waals surface area contributed by atoms with Crippen molar-refractivity contribution in [3.63, 3.8) is 0 Å². The summed E-state index contributed by atoms with van der Waals surface area (Å²) in [4.78, 5) is 23.6. The number of anilines is 1. The van der Waals surface area contributed by atoms with Gasteiger partial charge in [-0.1, -0.05) is 6.07 Å². The van der Waals surface area contributed by atoms with Crippen molar-refractivity contribution >= 4 is 17.7 Å². The minimum Gasteiger partial charge on any atom is -0.444 e. The van der Waals surface area contributed by atoms with E-state index in [4.69, 9.17) is 4.74 Å². The highest BCUT2D eigenvalue weighted by Gasteiger charge is 2.16. The number of hydrogen-bond donors (Lipinski definition) is 2. The van der Waals surface area contributed by atoms with Crippen LogP contribution < -0.4 is 10.6 Å². The molecule has 0 bridgehead atoms. The molecule has 0 aliphatic carbocycles. The molecule has 2 aromatic rings. The fraction of sp³-hybridized carbons (Fsp3) is 0.438. The molecule has 0 unspecified atom stereocenters. The Morgan fingerprint density at radius 1 is 1.24 bits per heavy atom. The number of hydrogen-bond acceptors (Lipinski definition) is 6. The van der Waals surface area contributed by atoms with Crippen LogP contribution in [-0.2, 0) is 9.53 Å². The van der Waals surface area contributed by atoms with Crippen LogP contribution in [0.2, 0.25) is 0 Å². The molecule has 0 aliphatic rings. The Balaban J connectivity index is 2.00. The summed E-state index contributed by atoms with van der Waals surface area (Å²) in [7, 11) is 0. The van der Waals surface area contributed by atoms with Gasteiger partial charge >= 0.3 is 6.09 Å². The molecule has 2 N–H and O–H groups in total. The van der Waals surface area contributed by atoms with Crippen LogP contribution >= 0.6 is 0 Å². The molecule has 0 spiro atoms. The molecule has 1 aromatic heterocycles. The molecule has 9 nitrogen and oxygen atoms in total. The standard InChI is InChI=1S/C16H22N6O3/c1-10-6-7-12(8-13(10)22-11(2)19-20-21-22)18-14(23)9-17-15(24)25-16(3,4)5/h6-8H,9H2,1-5H3,(H,17,24)(H,18,23). The van der Waals surface area contributed by atoms with Gasteiger partial charge in [0.2, 0.25) is 5.91 Å². The average molecular weight is 346 g/mol. The summed E-state index contributed by atoms with van der Waals surface area (Å²) in [6.45, 7) is 8.77. The second kappa shape index (κ2) is 7.29. The Morgan fingerprint density at radius 2 is 1.96 bits per heavy atom. The molecule has 0 saturated carbocycles. The van der Waals surface area contributed by atoms with E-state index >= 15 is 0 Å². The van der Waals surface area contributed by atoms with E-state index in [1.54, 1.807) is 44.5 Å². The quantitative estimate of drug-likeness (QED) is 0.872. The Morgan fingerprint density at radius 3 is 2.56 bits per heavy atom. The number of nitrogens with zero attached hydrogens (tertiary/aromatic N) is 4. The first-order valence-corrected chi connectivity index (χ1v) is 7.78. The molecule has 2 amide bonds. The monoisotopic (exact) mass is 346 g/mol. The van der Waals surface area contributed by atoms with Crippen molar-refractivity contribution in [1.82, 2.24) is 25.5 Å². The van der Waals surface area contributed by atoms with Gasteiger partial charge in [0.05, 0.1) is 5.69 Å². The maximum atomic E-state index is 12.0. The molecule has 9 heteroatoms. The first-order valence-electron chi connectivity index (χ1n) is 7.78. The van der Waals surface area contributed by atoms with Crippen LogP contribution in [0.25, 0.3) is 5.69 Å². The number of tetrazole rings is 1. The number of aromatic nitrogens is 4. The topological polar surface area (TPSA) is 111 Å². The van der Waals surface area contributed by atoms with Crippen molar-refractivity contribution in [3.8, 4) is 5.69 Å². The van der Waals surface area contributed by atoms with E-state index < -0.39 is 11.7 Å². The molecule has 0 radical (unpaired) electrons. The van der Waals surface area contributed by atoms with E-state index in [9.17, 15) is 9.59 Å². The second-order valence-corrected chi connectivity index (χ2v) is 6.54. The fourth-order valence-corrected chi connectivity index (χ4v) is 2.04. The molecule has 2 rings (SSSR count). The second-order valence-electron chi connectivity index (χ2n) is 6.54. The molecule has 0 saturated heterocycles. The number of carbonyl (C=O) groups excluding carboxylic acids is 2. The van der Waals surface area contributed by atoms with Crippen LogP contribution in [-0.4, -0.2) is 44.4 Å². The Hall–Kier alpha value is -2.97. The smallest absolute Gasteiger partial charge is 0.408 e. The van der Waals surface area contributed by atoms with Gasteiger partial charge in [-0.25, -0.2) is 4.79 Å². The largest absolute Gasteiger partial charge is 0.444 e. The SMILES string of the molecule is Cc1ccc(NC(=O)CNC(=O)OC(C)(C)C)cc1-n1nnnc1C. The number of aryl methyl sites for hydroxylation is 2. The summed E-state index contributed by atoms with van der Waals surface area (Å²) < 4.78 is 6.67. The molecule has 1 aromatic carbocycles. The van der Waals surface area contributed by atoms with Gasteiger partial charge in [-0.05, 0) is 62.7 Å². The van der Waals surface area contributed by atoms with E-state index in [0.717, 1.165) is 11.3 Å². The Kier molecular flexibility index (Phi) is 5.35. The number of rotatable bonds is 4. The van der Waals surface area contributed by atoms with Crippen molar-refractivity contribution in [2.24, 2.45) is 0 Å². The van der Waals surface area contributed by atoms with Gasteiger partial charge < -0.3 is 15.4 Å². The third-order valence-corrected chi connectivity index (χ3v) is 3.14. The lowest BCUT2D eigenvalue weighted by molar-refractivity contribution is -0.115. The molecule has 134 valence electrons. The van der Waals surface area contributed by atoms with Crippen LogP contribution in [0.1, 0.15) is 32.2 Å². The van der Waals surface area contributed by atoms with Crippen molar-refractivity contribution in [2.75, 3.05) is 11.9 Å². The first-order chi connectivity index (χ1) is 11.7. The van der Waals surface area contributed by atoms with Gasteiger partial charge in [-0.2, -0.15) is 4.68 Å². The maximum absolute atomic E-state index is 12.0. The zero-order chi connectivity index (χ0) is 18.6. The summed E-state index contributed by atoms with van der Waals surface area (Å²) in [5.74, 6) is 0.271. The van der Waals surface area contributed by atoms with E-state index in [1.807, 2.05) is 13.0 Å². The summed E-state index contributed by atoms with van der Waals surface area (Å²) in [6, 6.07) is 5.39. The van der Waals surface area contributed by atoms with E-state index in [2.05, 4.69) is 26.2 Å². The van der Waals surface area contributed by atoms with Gasteiger partial charge in [0.1, 0.15) is 12.1 Å². The Labute approximate surface area is 145 Å². The highest BCUT2D eigenvalue weighted by Crippen LogP contribution is 2.19. The minimum atomic E-state index is -0.642. The van der Waals surface area contributed by atoms with Crippen molar-refractivity contribution in [3.05, 3.63) is 29.6 Å². The highest BCUT2D eigenvalue weighted by atomic mass is 16.6. The molecule has 25 heavy (non-hydrogen) atoms. The highest BCUT2D eigenvalue weighted by molar-refractivity contribution is 5.94. The number of ether oxygens (including phenoxy) is 1. The van der Waals surface area contributed by atoms with E-state index in [1.165, 1.54) is 0 Å². The third-order valence-electron chi connectivity index (χ3n) is 3.14. The minimum absolute atomic E-state index is 0.192. The maximum Gasteiger partial charge on any atom is 0.408 e. The summed E-state index contributed by atoms with van der Waals surface area (Å²) in [5.41, 5.74) is 1.68. The zero-order valence-corrected chi connectivity index (χ0v) is 15.0. The van der Waals surface area contributed by atoms with Gasteiger partial charge in [0, 0.05) is 5.69 Å². The molecule has 0 atom stereocenters. The number of benzene rings is 1. The lowest BCUT2D eigenvalue weighted by atomic mass is 10.2. The predicted octanol–water partition coefficient (Wildman–Crippen LogP) is 1.74. The molecular formula is C16H22N6O3. The summed E-state index contributed by atoms with van der Waals surface area (Å²) >= 11 is 0. The lowest BCUT2D eigenvalue weighted by Gasteiger charge is -2.19. The molecule has 1 heterocycles. The predicted molar refractivity (Wildman–Crippen MR) is 91.5 cm³/mol.